The van der Waals surface area contributed by atoms with E-state index in [4.69, 9.17) is 14.5 Å². The lowest BCUT2D eigenvalue weighted by atomic mass is 9.81. The molecule has 1 aromatic carbocycles. The van der Waals surface area contributed by atoms with Crippen LogP contribution in [-0.4, -0.2) is 92.3 Å². The van der Waals surface area contributed by atoms with Gasteiger partial charge in [-0.1, -0.05) is 131 Å². The van der Waals surface area contributed by atoms with Crippen LogP contribution in [0.5, 0.6) is 0 Å². The minimum Gasteiger partial charge on any atom is -0.379 e. The first-order chi connectivity index (χ1) is 26.4. The van der Waals surface area contributed by atoms with Crippen molar-refractivity contribution in [2.24, 2.45) is 22.2 Å². The highest BCUT2D eigenvalue weighted by molar-refractivity contribution is 5.94. The number of likely N-dealkylation sites (N-methyl/N-ethyl adjacent to an activating group) is 1. The van der Waals surface area contributed by atoms with Crippen molar-refractivity contribution in [2.45, 2.75) is 175 Å². The number of hydrogen-bond donors (Lipinski definition) is 3. The summed E-state index contributed by atoms with van der Waals surface area (Å²) in [4.78, 5) is 10.6. The second kappa shape index (κ2) is 21.7. The molecule has 0 bridgehead atoms. The van der Waals surface area contributed by atoms with Gasteiger partial charge >= 0.3 is 0 Å². The smallest absolute Gasteiger partial charge is 0.136 e. The highest BCUT2D eigenvalue weighted by Crippen LogP contribution is 2.46. The summed E-state index contributed by atoms with van der Waals surface area (Å²) in [7, 11) is 2.01. The van der Waals surface area contributed by atoms with Gasteiger partial charge in [-0.3, -0.25) is 15.2 Å². The van der Waals surface area contributed by atoms with Crippen molar-refractivity contribution in [3.63, 3.8) is 0 Å². The van der Waals surface area contributed by atoms with Crippen LogP contribution in [0.1, 0.15) is 148 Å². The molecule has 0 spiro atoms. The lowest BCUT2D eigenvalue weighted by Gasteiger charge is -2.46. The average Bonchev–Trinajstić information content (AvgIpc) is 3.44. The summed E-state index contributed by atoms with van der Waals surface area (Å²) >= 11 is 0. The first-order valence-electron chi connectivity index (χ1n) is 22.5. The number of amidine groups is 1. The highest BCUT2D eigenvalue weighted by atomic mass is 16.5. The zero-order valence-corrected chi connectivity index (χ0v) is 37.2. The molecule has 5 heterocycles. The Balaban J connectivity index is 0.000000923. The molecule has 0 saturated carbocycles. The summed E-state index contributed by atoms with van der Waals surface area (Å²) in [5, 5.41) is 11.4. The Bertz CT molecular complexity index is 1310. The average molecular weight is 768 g/mol. The fourth-order valence-electron chi connectivity index (χ4n) is 9.16. The molecule has 4 fully saturated rings. The van der Waals surface area contributed by atoms with Crippen LogP contribution in [0.4, 0.5) is 5.69 Å². The molecule has 5 aliphatic heterocycles. The summed E-state index contributed by atoms with van der Waals surface area (Å²) in [6.45, 7) is 27.6. The molecular formula is C47H87N6O2. The number of hydrogen-bond acceptors (Lipinski definition) is 8. The van der Waals surface area contributed by atoms with Crippen LogP contribution in [0.2, 0.25) is 0 Å². The fraction of sp³-hybridized carbons (Fsp3) is 0.787. The minimum atomic E-state index is -0.138. The van der Waals surface area contributed by atoms with Gasteiger partial charge in [0.15, 0.2) is 0 Å². The zero-order chi connectivity index (χ0) is 40.1. The first kappa shape index (κ1) is 45.7. The van der Waals surface area contributed by atoms with Crippen molar-refractivity contribution >= 4 is 11.5 Å². The van der Waals surface area contributed by atoms with E-state index >= 15 is 0 Å². The van der Waals surface area contributed by atoms with Crippen LogP contribution in [-0.2, 0) is 14.9 Å². The number of anilines is 1. The molecule has 0 amide bonds. The van der Waals surface area contributed by atoms with Crippen LogP contribution in [0.25, 0.3) is 0 Å². The molecule has 1 radical (unpaired) electrons. The molecule has 0 aromatic heterocycles. The van der Waals surface area contributed by atoms with Crippen molar-refractivity contribution < 1.29 is 12.3 Å². The molecule has 5 aliphatic rings. The Morgan fingerprint density at radius 1 is 0.927 bits per heavy atom. The van der Waals surface area contributed by atoms with Gasteiger partial charge in [0.2, 0.25) is 0 Å². The lowest BCUT2D eigenvalue weighted by Crippen LogP contribution is -2.66. The van der Waals surface area contributed by atoms with Gasteiger partial charge < -0.3 is 25.0 Å². The second-order valence-electron chi connectivity index (χ2n) is 18.8. The molecule has 4 saturated heterocycles. The maximum Gasteiger partial charge on any atom is 0.136 e. The molecule has 55 heavy (non-hydrogen) atoms. The van der Waals surface area contributed by atoms with Crippen molar-refractivity contribution in [2.75, 3.05) is 51.8 Å². The van der Waals surface area contributed by atoms with Gasteiger partial charge in [-0.25, -0.2) is 0 Å². The van der Waals surface area contributed by atoms with E-state index in [0.29, 0.717) is 23.3 Å². The molecule has 0 aliphatic carbocycles. The highest BCUT2D eigenvalue weighted by Gasteiger charge is 2.56. The van der Waals surface area contributed by atoms with E-state index in [0.717, 1.165) is 57.4 Å². The molecule has 3 N–H and O–H groups in total. The Kier molecular flexibility index (Phi) is 18.0. The topological polar surface area (TPSA) is 73.4 Å². The molecular weight excluding hydrogens is 681 g/mol. The molecule has 5 unspecified atom stereocenters. The van der Waals surface area contributed by atoms with Crippen LogP contribution >= 0.6 is 0 Å². The van der Waals surface area contributed by atoms with Gasteiger partial charge in [-0.2, -0.15) is 0 Å². The van der Waals surface area contributed by atoms with Gasteiger partial charge in [-0.15, -0.1) is 0 Å². The number of aliphatic imine (C=N–C) groups is 1. The van der Waals surface area contributed by atoms with E-state index < -0.39 is 0 Å². The minimum absolute atomic E-state index is 0. The Morgan fingerprint density at radius 2 is 1.60 bits per heavy atom. The number of likely N-dealkylation sites (tertiary alicyclic amines) is 1. The largest absolute Gasteiger partial charge is 0.379 e. The first-order valence-corrected chi connectivity index (χ1v) is 22.5. The van der Waals surface area contributed by atoms with Crippen LogP contribution in [0.3, 0.4) is 0 Å². The van der Waals surface area contributed by atoms with E-state index in [1.807, 2.05) is 20.9 Å². The van der Waals surface area contributed by atoms with Crippen molar-refractivity contribution in [1.82, 2.24) is 20.4 Å². The van der Waals surface area contributed by atoms with Crippen LogP contribution in [0, 0.1) is 23.7 Å². The molecule has 8 nitrogen and oxygen atoms in total. The van der Waals surface area contributed by atoms with Gasteiger partial charge in [0, 0.05) is 57.9 Å². The predicted molar refractivity (Wildman–Crippen MR) is 239 cm³/mol. The van der Waals surface area contributed by atoms with E-state index in [2.05, 4.69) is 124 Å². The molecule has 6 atom stereocenters. The van der Waals surface area contributed by atoms with E-state index in [1.54, 1.807) is 0 Å². The summed E-state index contributed by atoms with van der Waals surface area (Å²) in [6.07, 6.45) is 21.3. The number of ether oxygens (including phenoxy) is 2. The monoisotopic (exact) mass is 768 g/mol. The standard InChI is InChI=1S/C38H61N6O2.C7H16.C2H6.2H2/c1-6-7-8-9-10-11-12-13-21-43-24-31-32-25-46-37(2,3)22-33(32)44(34-16-14-15-30(40-34)23-39-5)35(31)42-36(43)41-29-19-17-28(18-20-29)38(4)26-45-27-38;1-5-6-7(2,3)4;1-2;;/h14-20,30-33,35-36,39,41-42H,6-13,21-27H2,1-5H3;5-6H2,1-4H3;1-2H3;2*1H/t30?,31?,32?,33-,35?,36?;;;;/m1..../s1. The van der Waals surface area contributed by atoms with Crippen molar-refractivity contribution in [3.8, 4) is 0 Å². The van der Waals surface area contributed by atoms with E-state index in [9.17, 15) is 0 Å². The Labute approximate surface area is 341 Å². The molecule has 317 valence electrons. The summed E-state index contributed by atoms with van der Waals surface area (Å²) in [5.41, 5.74) is 3.08. The Hall–Kier alpha value is -1.97. The normalized spacial score (nSPS) is 28.1. The Morgan fingerprint density at radius 3 is 2.18 bits per heavy atom. The van der Waals surface area contributed by atoms with E-state index in [1.165, 1.54) is 69.8 Å². The lowest BCUT2D eigenvalue weighted by molar-refractivity contribution is -0.0972. The van der Waals surface area contributed by atoms with Gasteiger partial charge in [-0.05, 0) is 63.3 Å². The summed E-state index contributed by atoms with van der Waals surface area (Å²) in [5.74, 6) is 2.06. The second-order valence-corrected chi connectivity index (χ2v) is 18.8. The molecule has 6 rings (SSSR count). The van der Waals surface area contributed by atoms with Crippen molar-refractivity contribution in [3.05, 3.63) is 48.4 Å². The molecule has 1 aromatic rings. The number of dihydropyridines is 1. The fourth-order valence-corrected chi connectivity index (χ4v) is 9.16. The number of fused-ring (bicyclic) bond motifs is 3. The summed E-state index contributed by atoms with van der Waals surface area (Å²) in [6, 6.07) is 9.65. The number of nitrogens with zero attached hydrogens (tertiary/aromatic N) is 3. The van der Waals surface area contributed by atoms with Gasteiger partial charge in [0.05, 0.1) is 37.6 Å². The number of nitrogens with one attached hydrogen (secondary N) is 3. The number of benzene rings is 1. The predicted octanol–water partition coefficient (Wildman–Crippen LogP) is 10.3. The van der Waals surface area contributed by atoms with Gasteiger partial charge in [0.1, 0.15) is 12.1 Å². The third-order valence-corrected chi connectivity index (χ3v) is 12.2. The third-order valence-electron chi connectivity index (χ3n) is 12.2. The quantitative estimate of drug-likeness (QED) is 0.154. The third kappa shape index (κ3) is 13.0. The molecule has 8 heteroatoms. The van der Waals surface area contributed by atoms with E-state index in [-0.39, 0.29) is 32.4 Å². The maximum atomic E-state index is 6.52. The SMILES string of the molecule is CC.CCCC(C)(C)C.CCCCCCCCCCN1CC2C3COC(C)(C)C[C@H]3N(C3=NC(CNC)C=C[CH]3)C2NC1Nc1ccc(C2(C)COC2)cc1.[HH].[HH]. The zero-order valence-electron chi connectivity index (χ0n) is 37.2. The van der Waals surface area contributed by atoms with Crippen molar-refractivity contribution in [1.29, 1.82) is 0 Å². The summed E-state index contributed by atoms with van der Waals surface area (Å²) < 4.78 is 12.1. The number of rotatable bonds is 15. The number of unbranched alkanes of at least 4 members (excludes halogenated alkanes) is 7. The van der Waals surface area contributed by atoms with Crippen LogP contribution < -0.4 is 16.0 Å². The maximum absolute atomic E-state index is 6.52. The van der Waals surface area contributed by atoms with Crippen LogP contribution in [0.15, 0.2) is 41.4 Å². The van der Waals surface area contributed by atoms with Gasteiger partial charge in [0.25, 0.3) is 0 Å².